The highest BCUT2D eigenvalue weighted by Crippen LogP contribution is 2.27. The second-order valence-corrected chi connectivity index (χ2v) is 8.22. The first-order valence-corrected chi connectivity index (χ1v) is 11.1. The van der Waals surface area contributed by atoms with Crippen LogP contribution in [0.25, 0.3) is 5.69 Å². The second-order valence-electron chi connectivity index (χ2n) is 7.78. The van der Waals surface area contributed by atoms with Gasteiger partial charge in [0.2, 0.25) is 5.43 Å². The Balaban J connectivity index is 1.61. The third kappa shape index (κ3) is 4.69. The third-order valence-corrected chi connectivity index (χ3v) is 5.96. The summed E-state index contributed by atoms with van der Waals surface area (Å²) in [5.41, 5.74) is 2.39. The first-order chi connectivity index (χ1) is 15.5. The van der Waals surface area contributed by atoms with Gasteiger partial charge >= 0.3 is 0 Å². The number of halogens is 1. The second kappa shape index (κ2) is 9.54. The summed E-state index contributed by atoms with van der Waals surface area (Å²) in [7, 11) is 0. The summed E-state index contributed by atoms with van der Waals surface area (Å²) in [6.07, 6.45) is 0. The van der Waals surface area contributed by atoms with Crippen LogP contribution in [-0.4, -0.2) is 53.3 Å². The first kappa shape index (κ1) is 22.0. The SMILES string of the molecule is CCN1CCN(c2ccccc2NC(=O)c2nn(-c3ccc(Cl)cc3)c(C)cc2=O)CC1. The number of benzene rings is 2. The Morgan fingerprint density at radius 1 is 1.06 bits per heavy atom. The normalized spacial score (nSPS) is 14.4. The largest absolute Gasteiger partial charge is 0.367 e. The Hall–Kier alpha value is -3.16. The molecular formula is C24H26ClN5O2. The van der Waals surface area contributed by atoms with Crippen molar-refractivity contribution in [3.63, 3.8) is 0 Å². The van der Waals surface area contributed by atoms with Crippen molar-refractivity contribution in [3.8, 4) is 5.69 Å². The lowest BCUT2D eigenvalue weighted by molar-refractivity contribution is 0.101. The molecule has 0 aliphatic carbocycles. The van der Waals surface area contributed by atoms with Crippen LogP contribution in [0.15, 0.2) is 59.4 Å². The van der Waals surface area contributed by atoms with Crippen LogP contribution in [-0.2, 0) is 0 Å². The molecule has 0 saturated carbocycles. The van der Waals surface area contributed by atoms with Crippen LogP contribution in [0.3, 0.4) is 0 Å². The van der Waals surface area contributed by atoms with E-state index < -0.39 is 11.3 Å². The van der Waals surface area contributed by atoms with Gasteiger partial charge in [-0.1, -0.05) is 30.7 Å². The van der Waals surface area contributed by atoms with Crippen LogP contribution in [0.2, 0.25) is 5.02 Å². The number of rotatable bonds is 5. The summed E-state index contributed by atoms with van der Waals surface area (Å²) in [5, 5.41) is 7.86. The van der Waals surface area contributed by atoms with Gasteiger partial charge in [0.15, 0.2) is 5.69 Å². The number of carbonyl (C=O) groups is 1. The van der Waals surface area contributed by atoms with Crippen LogP contribution in [0.5, 0.6) is 0 Å². The summed E-state index contributed by atoms with van der Waals surface area (Å²) < 4.78 is 1.57. The molecule has 8 heteroatoms. The minimum Gasteiger partial charge on any atom is -0.367 e. The van der Waals surface area contributed by atoms with Gasteiger partial charge in [-0.2, -0.15) is 5.10 Å². The summed E-state index contributed by atoms with van der Waals surface area (Å²) in [5.74, 6) is -0.530. The standard InChI is InChI=1S/C24H26ClN5O2/c1-3-28-12-14-29(15-13-28)21-7-5-4-6-20(21)26-24(32)23-22(31)16-17(2)30(27-23)19-10-8-18(25)9-11-19/h4-11,16H,3,12-15H2,1-2H3,(H,26,32). The number of carbonyl (C=O) groups excluding carboxylic acids is 1. The van der Waals surface area contributed by atoms with Gasteiger partial charge in [-0.3, -0.25) is 9.59 Å². The average Bonchev–Trinajstić information content (AvgIpc) is 2.80. The fraction of sp³-hybridized carbons (Fsp3) is 0.292. The van der Waals surface area contributed by atoms with Crippen LogP contribution >= 0.6 is 11.6 Å². The van der Waals surface area contributed by atoms with Gasteiger partial charge in [-0.15, -0.1) is 0 Å². The average molecular weight is 452 g/mol. The minimum absolute atomic E-state index is 0.156. The van der Waals surface area contributed by atoms with Crippen LogP contribution in [0.4, 0.5) is 11.4 Å². The van der Waals surface area contributed by atoms with E-state index in [2.05, 4.69) is 27.1 Å². The van der Waals surface area contributed by atoms with Crippen molar-refractivity contribution in [2.45, 2.75) is 13.8 Å². The molecular weight excluding hydrogens is 426 g/mol. The predicted molar refractivity (Wildman–Crippen MR) is 128 cm³/mol. The number of anilines is 2. The number of aromatic nitrogens is 2. The molecule has 0 unspecified atom stereocenters. The summed E-state index contributed by atoms with van der Waals surface area (Å²) in [6, 6.07) is 16.2. The topological polar surface area (TPSA) is 70.5 Å². The highest BCUT2D eigenvalue weighted by atomic mass is 35.5. The van der Waals surface area contributed by atoms with Gasteiger partial charge in [0.05, 0.1) is 17.1 Å². The smallest absolute Gasteiger partial charge is 0.280 e. The van der Waals surface area contributed by atoms with E-state index in [1.165, 1.54) is 6.07 Å². The van der Waals surface area contributed by atoms with Crippen molar-refractivity contribution < 1.29 is 4.79 Å². The van der Waals surface area contributed by atoms with E-state index in [1.807, 2.05) is 24.3 Å². The molecule has 0 atom stereocenters. The molecule has 1 aliphatic rings. The molecule has 1 fully saturated rings. The van der Waals surface area contributed by atoms with E-state index in [1.54, 1.807) is 35.9 Å². The maximum atomic E-state index is 13.1. The maximum absolute atomic E-state index is 13.1. The Bertz CT molecular complexity index is 1170. The number of hydrogen-bond donors (Lipinski definition) is 1. The maximum Gasteiger partial charge on any atom is 0.280 e. The van der Waals surface area contributed by atoms with Crippen LogP contribution < -0.4 is 15.6 Å². The van der Waals surface area contributed by atoms with Crippen molar-refractivity contribution in [2.75, 3.05) is 42.9 Å². The Kier molecular flexibility index (Phi) is 6.58. The van der Waals surface area contributed by atoms with Gasteiger partial charge in [0.1, 0.15) is 0 Å². The molecule has 2 heterocycles. The number of hydrogen-bond acceptors (Lipinski definition) is 5. The lowest BCUT2D eigenvalue weighted by Crippen LogP contribution is -2.46. The molecule has 166 valence electrons. The molecule has 1 aliphatic heterocycles. The first-order valence-electron chi connectivity index (χ1n) is 10.7. The van der Waals surface area contributed by atoms with E-state index in [0.29, 0.717) is 16.4 Å². The lowest BCUT2D eigenvalue weighted by Gasteiger charge is -2.36. The van der Waals surface area contributed by atoms with Crippen molar-refractivity contribution >= 4 is 28.9 Å². The Morgan fingerprint density at radius 3 is 2.44 bits per heavy atom. The number of aryl methyl sites for hydroxylation is 1. The van der Waals surface area contributed by atoms with E-state index in [0.717, 1.165) is 44.1 Å². The molecule has 1 amide bonds. The van der Waals surface area contributed by atoms with Crippen molar-refractivity contribution in [1.29, 1.82) is 0 Å². The molecule has 0 bridgehead atoms. The highest BCUT2D eigenvalue weighted by Gasteiger charge is 2.21. The summed E-state index contributed by atoms with van der Waals surface area (Å²) in [4.78, 5) is 30.3. The van der Waals surface area contributed by atoms with E-state index in [9.17, 15) is 9.59 Å². The number of piperazine rings is 1. The molecule has 32 heavy (non-hydrogen) atoms. The lowest BCUT2D eigenvalue weighted by atomic mass is 10.2. The molecule has 1 saturated heterocycles. The van der Waals surface area contributed by atoms with Crippen molar-refractivity contribution in [1.82, 2.24) is 14.7 Å². The van der Waals surface area contributed by atoms with Crippen molar-refractivity contribution in [2.24, 2.45) is 0 Å². The monoisotopic (exact) mass is 451 g/mol. The number of likely N-dealkylation sites (N-methyl/N-ethyl adjacent to an activating group) is 1. The molecule has 7 nitrogen and oxygen atoms in total. The van der Waals surface area contributed by atoms with Gasteiger partial charge < -0.3 is 15.1 Å². The van der Waals surface area contributed by atoms with Crippen LogP contribution in [0.1, 0.15) is 23.1 Å². The van der Waals surface area contributed by atoms with E-state index in [4.69, 9.17) is 11.6 Å². The number of nitrogens with one attached hydrogen (secondary N) is 1. The Labute approximate surface area is 192 Å². The van der Waals surface area contributed by atoms with Gasteiger partial charge in [0, 0.05) is 43.0 Å². The van der Waals surface area contributed by atoms with Gasteiger partial charge in [-0.05, 0) is 49.9 Å². The minimum atomic E-state index is -0.530. The Morgan fingerprint density at radius 2 is 1.75 bits per heavy atom. The fourth-order valence-corrected chi connectivity index (χ4v) is 4.02. The zero-order chi connectivity index (χ0) is 22.7. The van der Waals surface area contributed by atoms with Gasteiger partial charge in [0.25, 0.3) is 5.91 Å². The predicted octanol–water partition coefficient (Wildman–Crippen LogP) is 3.59. The number of amides is 1. The molecule has 2 aromatic carbocycles. The fourth-order valence-electron chi connectivity index (χ4n) is 3.89. The molecule has 3 aromatic rings. The summed E-state index contributed by atoms with van der Waals surface area (Å²) >= 11 is 5.98. The van der Waals surface area contributed by atoms with Crippen molar-refractivity contribution in [3.05, 3.63) is 81.2 Å². The van der Waals surface area contributed by atoms with E-state index >= 15 is 0 Å². The molecule has 4 rings (SSSR count). The van der Waals surface area contributed by atoms with E-state index in [-0.39, 0.29) is 5.69 Å². The zero-order valence-electron chi connectivity index (χ0n) is 18.2. The number of nitrogens with zero attached hydrogens (tertiary/aromatic N) is 4. The molecule has 1 aromatic heterocycles. The molecule has 0 radical (unpaired) electrons. The molecule has 0 spiro atoms. The third-order valence-electron chi connectivity index (χ3n) is 5.71. The van der Waals surface area contributed by atoms with Gasteiger partial charge in [-0.25, -0.2) is 4.68 Å². The number of para-hydroxylation sites is 2. The summed E-state index contributed by atoms with van der Waals surface area (Å²) in [6.45, 7) is 8.68. The quantitative estimate of drug-likeness (QED) is 0.642. The zero-order valence-corrected chi connectivity index (χ0v) is 19.0. The molecule has 1 N–H and O–H groups in total. The highest BCUT2D eigenvalue weighted by molar-refractivity contribution is 6.30. The van der Waals surface area contributed by atoms with Crippen LogP contribution in [0, 0.1) is 6.92 Å².